The fourth-order valence-corrected chi connectivity index (χ4v) is 0.157. The van der Waals surface area contributed by atoms with Crippen molar-refractivity contribution in [1.29, 1.82) is 0 Å². The largest absolute Gasteiger partial charge is 0.285 e. The Morgan fingerprint density at radius 3 is 2.33 bits per heavy atom. The quantitative estimate of drug-likeness (QED) is 0.368. The molecule has 0 bridgehead atoms. The number of hydrogen-bond acceptors (Lipinski definition) is 4. The van der Waals surface area contributed by atoms with Crippen LogP contribution < -0.4 is 0 Å². The molecule has 0 spiro atoms. The lowest BCUT2D eigenvalue weighted by molar-refractivity contribution is -0.109. The molecule has 0 aromatic heterocycles. The van der Waals surface area contributed by atoms with E-state index in [-0.39, 0.29) is 5.12 Å². The first-order chi connectivity index (χ1) is 2.77. The van der Waals surface area contributed by atoms with Crippen molar-refractivity contribution < 1.29 is 4.79 Å². The van der Waals surface area contributed by atoms with E-state index in [1.54, 1.807) is 0 Å². The first-order valence-corrected chi connectivity index (χ1v) is 2.05. The van der Waals surface area contributed by atoms with Gasteiger partial charge in [-0.2, -0.15) is 0 Å². The normalized spacial score (nSPS) is 7.50. The summed E-state index contributed by atoms with van der Waals surface area (Å²) >= 11 is 0.417. The van der Waals surface area contributed by atoms with Crippen LogP contribution in [-0.2, 0) is 4.79 Å². The van der Waals surface area contributed by atoms with Gasteiger partial charge >= 0.3 is 0 Å². The van der Waals surface area contributed by atoms with Crippen molar-refractivity contribution in [3.8, 4) is 0 Å². The Balaban J connectivity index is 3.05. The van der Waals surface area contributed by atoms with Crippen LogP contribution in [-0.4, -0.2) is 5.12 Å². The topological polar surface area (TPSA) is 46.5 Å². The van der Waals surface area contributed by atoms with Crippen LogP contribution in [0.15, 0.2) is 4.58 Å². The molecule has 6 heavy (non-hydrogen) atoms. The fraction of sp³-hybridized carbons (Fsp3) is 0.500. The van der Waals surface area contributed by atoms with Crippen molar-refractivity contribution in [3.63, 3.8) is 0 Å². The molecule has 0 amide bonds. The molecule has 0 radical (unpaired) electrons. The Morgan fingerprint density at radius 1 is 1.83 bits per heavy atom. The average Bonchev–Trinajstić information content (AvgIpc) is 1.35. The second kappa shape index (κ2) is 2.84. The minimum Gasteiger partial charge on any atom is -0.285 e. The molecule has 0 aliphatic rings. The van der Waals surface area contributed by atoms with E-state index in [2.05, 4.69) is 4.58 Å². The highest BCUT2D eigenvalue weighted by atomic mass is 32.2. The molecule has 0 saturated heterocycles. The molecule has 0 N–H and O–H groups in total. The SMILES string of the molecule is CC(=O)SN=O. The maximum Gasteiger partial charge on any atom is 0.211 e. The second-order valence-electron chi connectivity index (χ2n) is 0.657. The van der Waals surface area contributed by atoms with Gasteiger partial charge in [0.25, 0.3) is 0 Å². The highest BCUT2D eigenvalue weighted by Crippen LogP contribution is 1.98. The summed E-state index contributed by atoms with van der Waals surface area (Å²) in [6, 6.07) is 0. The van der Waals surface area contributed by atoms with Crippen LogP contribution in [0.5, 0.6) is 0 Å². The van der Waals surface area contributed by atoms with Crippen LogP contribution in [0.25, 0.3) is 0 Å². The third-order valence-electron chi connectivity index (χ3n) is 0.166. The van der Waals surface area contributed by atoms with Crippen molar-refractivity contribution >= 4 is 17.1 Å². The molecule has 0 rings (SSSR count). The lowest BCUT2D eigenvalue weighted by Gasteiger charge is -1.68. The van der Waals surface area contributed by atoms with Gasteiger partial charge in [0.1, 0.15) is 0 Å². The summed E-state index contributed by atoms with van der Waals surface area (Å²) in [4.78, 5) is 18.8. The van der Waals surface area contributed by atoms with E-state index in [1.807, 2.05) is 0 Å². The molecule has 0 aromatic carbocycles. The Morgan fingerprint density at radius 2 is 2.33 bits per heavy atom. The summed E-state index contributed by atoms with van der Waals surface area (Å²) in [6.07, 6.45) is 0. The van der Waals surface area contributed by atoms with Gasteiger partial charge in [0, 0.05) is 11.5 Å². The number of rotatable bonds is 1. The monoisotopic (exact) mass is 105 g/mol. The molecule has 0 aliphatic carbocycles. The van der Waals surface area contributed by atoms with E-state index in [0.717, 1.165) is 0 Å². The minimum atomic E-state index is -0.273. The molecule has 34 valence electrons. The van der Waals surface area contributed by atoms with E-state index in [1.165, 1.54) is 6.92 Å². The predicted molar refractivity (Wildman–Crippen MR) is 24.1 cm³/mol. The number of nitrogens with zero attached hydrogens (tertiary/aromatic N) is 1. The molecule has 0 aromatic rings. The summed E-state index contributed by atoms with van der Waals surface area (Å²) < 4.78 is 2.25. The summed E-state index contributed by atoms with van der Waals surface area (Å²) in [7, 11) is 0. The van der Waals surface area contributed by atoms with Crippen LogP contribution in [0.1, 0.15) is 6.92 Å². The summed E-state index contributed by atoms with van der Waals surface area (Å²) in [5, 5.41) is -0.273. The van der Waals surface area contributed by atoms with Gasteiger partial charge in [0.15, 0.2) is 0 Å². The van der Waals surface area contributed by atoms with E-state index < -0.39 is 0 Å². The molecular weight excluding hydrogens is 102 g/mol. The standard InChI is InChI=1S/C2H3NO2S/c1-2(4)6-3-5/h1H3. The second-order valence-corrected chi connectivity index (χ2v) is 1.56. The van der Waals surface area contributed by atoms with Crippen LogP contribution in [0.2, 0.25) is 0 Å². The van der Waals surface area contributed by atoms with Gasteiger partial charge in [-0.1, -0.05) is 0 Å². The van der Waals surface area contributed by atoms with Gasteiger partial charge in [-0.05, 0) is 0 Å². The smallest absolute Gasteiger partial charge is 0.211 e. The summed E-state index contributed by atoms with van der Waals surface area (Å²) in [6.45, 7) is 1.28. The lowest BCUT2D eigenvalue weighted by atomic mass is 10.9. The molecule has 0 fully saturated rings. The zero-order valence-corrected chi connectivity index (χ0v) is 3.99. The average molecular weight is 105 g/mol. The van der Waals surface area contributed by atoms with E-state index >= 15 is 0 Å². The Kier molecular flexibility index (Phi) is 2.66. The van der Waals surface area contributed by atoms with Crippen molar-refractivity contribution in [2.24, 2.45) is 4.58 Å². The first kappa shape index (κ1) is 5.62. The van der Waals surface area contributed by atoms with Gasteiger partial charge in [-0.3, -0.25) is 4.79 Å². The number of hydrogen-bond donors (Lipinski definition) is 0. The molecular formula is C2H3NO2S. The van der Waals surface area contributed by atoms with Crippen LogP contribution in [0.4, 0.5) is 0 Å². The fourth-order valence-electron chi connectivity index (χ4n) is 0.0525. The van der Waals surface area contributed by atoms with Gasteiger partial charge in [0.05, 0.1) is 11.9 Å². The van der Waals surface area contributed by atoms with E-state index in [9.17, 15) is 4.79 Å². The third kappa shape index (κ3) is 3.62. The van der Waals surface area contributed by atoms with Crippen molar-refractivity contribution in [2.75, 3.05) is 0 Å². The van der Waals surface area contributed by atoms with Crippen molar-refractivity contribution in [1.82, 2.24) is 0 Å². The van der Waals surface area contributed by atoms with Gasteiger partial charge < -0.3 is 0 Å². The Bertz CT molecular complexity index is 71.9. The zero-order chi connectivity index (χ0) is 4.99. The summed E-state index contributed by atoms with van der Waals surface area (Å²) in [5.74, 6) is 0. The molecule has 4 heteroatoms. The number of nitroso groups, excluding NO2 is 1. The lowest BCUT2D eigenvalue weighted by Crippen LogP contribution is -1.71. The van der Waals surface area contributed by atoms with Crippen molar-refractivity contribution in [2.45, 2.75) is 6.92 Å². The van der Waals surface area contributed by atoms with E-state index in [4.69, 9.17) is 4.91 Å². The van der Waals surface area contributed by atoms with Crippen LogP contribution >= 0.6 is 11.9 Å². The zero-order valence-electron chi connectivity index (χ0n) is 3.17. The maximum atomic E-state index is 9.71. The number of carbonyl (C=O) groups is 1. The highest BCUT2D eigenvalue weighted by molar-refractivity contribution is 8.12. The molecule has 0 heterocycles. The molecule has 0 saturated carbocycles. The number of carbonyl (C=O) groups excluding carboxylic acids is 1. The molecule has 0 atom stereocenters. The van der Waals surface area contributed by atoms with Gasteiger partial charge in [-0.25, -0.2) is 0 Å². The summed E-state index contributed by atoms with van der Waals surface area (Å²) in [5.41, 5.74) is 0. The van der Waals surface area contributed by atoms with Crippen LogP contribution in [0, 0.1) is 4.91 Å². The maximum absolute atomic E-state index is 9.71. The molecule has 3 nitrogen and oxygen atoms in total. The van der Waals surface area contributed by atoms with Crippen molar-refractivity contribution in [3.05, 3.63) is 4.91 Å². The Hall–Kier alpha value is -0.380. The minimum absolute atomic E-state index is 0.273. The van der Waals surface area contributed by atoms with Gasteiger partial charge in [-0.15, -0.1) is 4.91 Å². The van der Waals surface area contributed by atoms with Crippen LogP contribution in [0.3, 0.4) is 0 Å². The Labute approximate surface area is 39.2 Å². The predicted octanol–water partition coefficient (Wildman–Crippen LogP) is 0.948. The molecule has 0 unspecified atom stereocenters. The van der Waals surface area contributed by atoms with Gasteiger partial charge in [0.2, 0.25) is 5.12 Å². The third-order valence-corrected chi connectivity index (χ3v) is 0.497. The molecule has 0 aliphatic heterocycles. The first-order valence-electron chi connectivity index (χ1n) is 1.27. The van der Waals surface area contributed by atoms with E-state index in [0.29, 0.717) is 11.9 Å². The highest BCUT2D eigenvalue weighted by Gasteiger charge is 1.86.